The summed E-state index contributed by atoms with van der Waals surface area (Å²) in [4.78, 5) is 12.1. The summed E-state index contributed by atoms with van der Waals surface area (Å²) in [5.74, 6) is 2.83. The third-order valence-corrected chi connectivity index (χ3v) is 5.76. The third-order valence-electron chi connectivity index (χ3n) is 5.76. The van der Waals surface area contributed by atoms with E-state index in [9.17, 15) is 4.79 Å². The van der Waals surface area contributed by atoms with E-state index in [1.165, 1.54) is 0 Å². The maximum atomic E-state index is 12.1. The average Bonchev–Trinajstić information content (AvgIpc) is 2.81. The molecule has 1 unspecified atom stereocenters. The highest BCUT2D eigenvalue weighted by molar-refractivity contribution is 5.77. The van der Waals surface area contributed by atoms with Gasteiger partial charge in [-0.1, -0.05) is 19.9 Å². The van der Waals surface area contributed by atoms with Crippen molar-refractivity contribution >= 4 is 11.6 Å². The van der Waals surface area contributed by atoms with Crippen LogP contribution in [0.1, 0.15) is 19.4 Å². The molecule has 32 heavy (non-hydrogen) atoms. The molecule has 0 heterocycles. The molecular weight excluding hydrogens is 408 g/mol. The maximum Gasteiger partial charge on any atom is 0.222 e. The van der Waals surface area contributed by atoms with Gasteiger partial charge < -0.3 is 24.3 Å². The topological polar surface area (TPSA) is 66.0 Å². The molecule has 0 radical (unpaired) electrons. The second-order valence-electron chi connectivity index (χ2n) is 8.27. The van der Waals surface area contributed by atoms with E-state index in [2.05, 4.69) is 24.5 Å². The molecule has 2 rings (SSSR count). The molecule has 0 aliphatic heterocycles. The Balaban J connectivity index is 2.28. The van der Waals surface area contributed by atoms with E-state index in [1.54, 1.807) is 28.4 Å². The largest absolute Gasteiger partial charge is 0.493 e. The van der Waals surface area contributed by atoms with Gasteiger partial charge in [-0.05, 0) is 23.8 Å². The number of amides is 1. The number of hydrogen-bond acceptors (Lipinski definition) is 5. The molecule has 2 aromatic carbocycles. The highest BCUT2D eigenvalue weighted by Gasteiger charge is 2.27. The number of ether oxygens (including phenoxy) is 4. The Morgan fingerprint density at radius 3 is 1.97 bits per heavy atom. The first kappa shape index (κ1) is 25.3. The first-order valence-electron chi connectivity index (χ1n) is 10.8. The molecular formula is C25H37N2O5+. The zero-order chi connectivity index (χ0) is 23.7. The van der Waals surface area contributed by atoms with Gasteiger partial charge in [0.05, 0.1) is 48.6 Å². The summed E-state index contributed by atoms with van der Waals surface area (Å²) < 4.78 is 22.4. The van der Waals surface area contributed by atoms with Crippen LogP contribution in [0, 0.1) is 5.92 Å². The zero-order valence-corrected chi connectivity index (χ0v) is 20.4. The smallest absolute Gasteiger partial charge is 0.222 e. The fraction of sp³-hybridized carbons (Fsp3) is 0.480. The van der Waals surface area contributed by atoms with Crippen LogP contribution in [0.25, 0.3) is 0 Å². The number of carbonyl (C=O) groups is 1. The molecule has 0 fully saturated rings. The van der Waals surface area contributed by atoms with Crippen molar-refractivity contribution in [1.82, 2.24) is 9.80 Å². The van der Waals surface area contributed by atoms with Crippen molar-refractivity contribution in [2.45, 2.75) is 20.3 Å². The molecule has 176 valence electrons. The number of nitrogens with one attached hydrogen (secondary N) is 1. The first-order valence-corrected chi connectivity index (χ1v) is 10.8. The maximum absolute atomic E-state index is 12.1. The van der Waals surface area contributed by atoms with Gasteiger partial charge in [0.15, 0.2) is 23.0 Å². The predicted molar refractivity (Wildman–Crippen MR) is 128 cm³/mol. The van der Waals surface area contributed by atoms with Crippen molar-refractivity contribution in [2.24, 2.45) is 5.92 Å². The molecule has 7 heteroatoms. The Morgan fingerprint density at radius 1 is 0.844 bits per heavy atom. The molecule has 0 aliphatic rings. The Kier molecular flexibility index (Phi) is 9.20. The van der Waals surface area contributed by atoms with Crippen molar-refractivity contribution in [1.29, 1.82) is 0 Å². The minimum Gasteiger partial charge on any atom is -0.493 e. The number of carbonyl (C=O) groups excluding carboxylic acids is 1. The number of hydrogen-bond donors (Lipinski definition) is 1. The highest BCUT2D eigenvalue weighted by atomic mass is 16.5. The highest BCUT2D eigenvalue weighted by Crippen LogP contribution is 2.34. The van der Waals surface area contributed by atoms with Gasteiger partial charge in [-0.2, -0.15) is 0 Å². The summed E-state index contributed by atoms with van der Waals surface area (Å²) in [5, 5.41) is 3.04. The van der Waals surface area contributed by atoms with Gasteiger partial charge in [0.25, 0.3) is 0 Å². The summed E-state index contributed by atoms with van der Waals surface area (Å²) in [6.45, 7) is 5.93. The summed E-state index contributed by atoms with van der Waals surface area (Å²) in [7, 11) is 8.71. The fourth-order valence-electron chi connectivity index (χ4n) is 3.57. The molecule has 1 N–H and O–H groups in total. The molecule has 1 amide bonds. The van der Waals surface area contributed by atoms with E-state index in [4.69, 9.17) is 18.9 Å². The number of methoxy groups -OCH3 is 4. The Morgan fingerprint density at radius 2 is 1.41 bits per heavy atom. The van der Waals surface area contributed by atoms with Crippen LogP contribution in [0.2, 0.25) is 0 Å². The summed E-state index contributed by atoms with van der Waals surface area (Å²) in [5.41, 5.74) is 2.24. The molecule has 0 aromatic heterocycles. The van der Waals surface area contributed by atoms with Crippen molar-refractivity contribution in [2.75, 3.05) is 55.1 Å². The SMILES string of the molecule is COc1ccc(CC[N+](C)(CCNC(=O)C(C)C)c2ccc(OC)c(OC)c2)cc1OC. The van der Waals surface area contributed by atoms with Gasteiger partial charge in [0.1, 0.15) is 12.2 Å². The Labute approximate surface area is 191 Å². The minimum atomic E-state index is -0.0402. The van der Waals surface area contributed by atoms with Crippen LogP contribution in [0.5, 0.6) is 23.0 Å². The van der Waals surface area contributed by atoms with Gasteiger partial charge in [-0.15, -0.1) is 0 Å². The normalized spacial score (nSPS) is 12.8. The van der Waals surface area contributed by atoms with Gasteiger partial charge in [-0.25, -0.2) is 0 Å². The average molecular weight is 446 g/mol. The predicted octanol–water partition coefficient (Wildman–Crippen LogP) is 3.67. The lowest BCUT2D eigenvalue weighted by molar-refractivity contribution is -0.124. The second-order valence-corrected chi connectivity index (χ2v) is 8.27. The van der Waals surface area contributed by atoms with Crippen LogP contribution >= 0.6 is 0 Å². The van der Waals surface area contributed by atoms with E-state index in [0.29, 0.717) is 28.3 Å². The quantitative estimate of drug-likeness (QED) is 0.505. The number of rotatable bonds is 12. The molecule has 0 bridgehead atoms. The van der Waals surface area contributed by atoms with Crippen LogP contribution in [0.15, 0.2) is 36.4 Å². The van der Waals surface area contributed by atoms with E-state index in [0.717, 1.165) is 36.5 Å². The van der Waals surface area contributed by atoms with Crippen LogP contribution in [0.3, 0.4) is 0 Å². The molecule has 0 spiro atoms. The standard InChI is InChI=1S/C25H36N2O5/c1-18(2)25(28)26-13-15-27(3,20-9-11-22(30-5)24(17-20)32-7)14-12-19-8-10-21(29-4)23(16-19)31-6/h8-11,16-18H,12-15H2,1-7H3/p+1. The second kappa shape index (κ2) is 11.6. The lowest BCUT2D eigenvalue weighted by atomic mass is 10.1. The summed E-state index contributed by atoms with van der Waals surface area (Å²) in [6.07, 6.45) is 0.823. The lowest BCUT2D eigenvalue weighted by Crippen LogP contribution is -2.51. The Hall–Kier alpha value is -2.93. The number of likely N-dealkylation sites (N-methyl/N-ethyl adjacent to an activating group) is 1. The van der Waals surface area contributed by atoms with E-state index in [1.807, 2.05) is 38.1 Å². The third kappa shape index (κ3) is 6.29. The number of benzene rings is 2. The van der Waals surface area contributed by atoms with Crippen LogP contribution < -0.4 is 28.7 Å². The first-order chi connectivity index (χ1) is 15.3. The van der Waals surface area contributed by atoms with E-state index < -0.39 is 0 Å². The van der Waals surface area contributed by atoms with Gasteiger partial charge in [-0.3, -0.25) is 9.28 Å². The van der Waals surface area contributed by atoms with Gasteiger partial charge in [0, 0.05) is 24.5 Å². The minimum absolute atomic E-state index is 0.0402. The van der Waals surface area contributed by atoms with E-state index in [-0.39, 0.29) is 11.8 Å². The monoisotopic (exact) mass is 445 g/mol. The number of quaternary nitrogens is 1. The van der Waals surface area contributed by atoms with Crippen LogP contribution in [-0.2, 0) is 11.2 Å². The van der Waals surface area contributed by atoms with Crippen molar-refractivity contribution < 1.29 is 23.7 Å². The van der Waals surface area contributed by atoms with Gasteiger partial charge >= 0.3 is 0 Å². The summed E-state index contributed by atoms with van der Waals surface area (Å²) >= 11 is 0. The lowest BCUT2D eigenvalue weighted by Gasteiger charge is -2.35. The fourth-order valence-corrected chi connectivity index (χ4v) is 3.57. The van der Waals surface area contributed by atoms with Crippen molar-refractivity contribution in [3.05, 3.63) is 42.0 Å². The Bertz CT molecular complexity index is 900. The van der Waals surface area contributed by atoms with Crippen LogP contribution in [0.4, 0.5) is 5.69 Å². The molecule has 2 aromatic rings. The molecule has 0 saturated carbocycles. The van der Waals surface area contributed by atoms with Crippen molar-refractivity contribution in [3.63, 3.8) is 0 Å². The van der Waals surface area contributed by atoms with Crippen LogP contribution in [-0.4, -0.2) is 61.0 Å². The molecule has 7 nitrogen and oxygen atoms in total. The molecule has 0 aliphatic carbocycles. The van der Waals surface area contributed by atoms with Crippen molar-refractivity contribution in [3.8, 4) is 23.0 Å². The van der Waals surface area contributed by atoms with E-state index >= 15 is 0 Å². The zero-order valence-electron chi connectivity index (χ0n) is 20.4. The number of nitrogens with zero attached hydrogens (tertiary/aromatic N) is 1. The summed E-state index contributed by atoms with van der Waals surface area (Å²) in [6, 6.07) is 12.0. The molecule has 0 saturated heterocycles. The molecule has 1 atom stereocenters. The van der Waals surface area contributed by atoms with Gasteiger partial charge in [0.2, 0.25) is 5.91 Å².